The Morgan fingerprint density at radius 3 is 2.37 bits per heavy atom. The number of aliphatic hydroxyl groups excluding tert-OH is 1. The first-order chi connectivity index (χ1) is 8.61. The maximum absolute atomic E-state index is 12.3. The smallest absolute Gasteiger partial charge is 0.405 e. The number of nitrogens with two attached hydrogens (primary N) is 1. The van der Waals surface area contributed by atoms with Crippen molar-refractivity contribution in [3.63, 3.8) is 0 Å². The molecule has 19 heavy (non-hydrogen) atoms. The minimum Gasteiger partial charge on any atom is -0.405 e. The summed E-state index contributed by atoms with van der Waals surface area (Å²) >= 11 is 3.16. The van der Waals surface area contributed by atoms with Crippen LogP contribution in [0.4, 0.5) is 13.2 Å². The Hall–Kier alpha value is -0.790. The number of alkyl halides is 3. The summed E-state index contributed by atoms with van der Waals surface area (Å²) in [5, 5.41) is 9.88. The van der Waals surface area contributed by atoms with E-state index in [1.807, 2.05) is 0 Å². The highest BCUT2D eigenvalue weighted by molar-refractivity contribution is 9.10. The SMILES string of the molecule is CC(C)[C@@H](O)[C@@H](N)c1cc(Br)ccc1OC(F)(F)F. The Morgan fingerprint density at radius 1 is 1.32 bits per heavy atom. The normalized spacial score (nSPS) is 15.4. The summed E-state index contributed by atoms with van der Waals surface area (Å²) in [6, 6.07) is 3.03. The molecule has 1 aromatic carbocycles. The van der Waals surface area contributed by atoms with Gasteiger partial charge >= 0.3 is 6.36 Å². The van der Waals surface area contributed by atoms with Gasteiger partial charge in [-0.05, 0) is 24.1 Å². The molecule has 3 N–H and O–H groups in total. The van der Waals surface area contributed by atoms with Crippen molar-refractivity contribution in [1.82, 2.24) is 0 Å². The van der Waals surface area contributed by atoms with Crippen LogP contribution in [0.15, 0.2) is 22.7 Å². The molecule has 0 saturated carbocycles. The minimum absolute atomic E-state index is 0.105. The van der Waals surface area contributed by atoms with Gasteiger partial charge in [0.2, 0.25) is 0 Å². The third-order valence-corrected chi connectivity index (χ3v) is 3.10. The average Bonchev–Trinajstić information content (AvgIpc) is 2.27. The monoisotopic (exact) mass is 341 g/mol. The zero-order valence-corrected chi connectivity index (χ0v) is 12.0. The van der Waals surface area contributed by atoms with Crippen LogP contribution in [0.2, 0.25) is 0 Å². The molecule has 0 aromatic heterocycles. The third kappa shape index (κ3) is 4.67. The van der Waals surface area contributed by atoms with Crippen molar-refractivity contribution >= 4 is 15.9 Å². The van der Waals surface area contributed by atoms with E-state index in [0.29, 0.717) is 4.47 Å². The molecule has 7 heteroatoms. The molecule has 0 bridgehead atoms. The highest BCUT2D eigenvalue weighted by Gasteiger charge is 2.33. The quantitative estimate of drug-likeness (QED) is 0.882. The number of hydrogen-bond acceptors (Lipinski definition) is 3. The van der Waals surface area contributed by atoms with Gasteiger partial charge in [-0.15, -0.1) is 13.2 Å². The molecule has 0 amide bonds. The van der Waals surface area contributed by atoms with E-state index in [2.05, 4.69) is 20.7 Å². The Balaban J connectivity index is 3.13. The average molecular weight is 342 g/mol. The highest BCUT2D eigenvalue weighted by atomic mass is 79.9. The summed E-state index contributed by atoms with van der Waals surface area (Å²) in [5.74, 6) is -0.587. The van der Waals surface area contributed by atoms with Gasteiger partial charge in [0.15, 0.2) is 0 Å². The first kappa shape index (κ1) is 16.3. The zero-order chi connectivity index (χ0) is 14.8. The van der Waals surface area contributed by atoms with Gasteiger partial charge in [-0.25, -0.2) is 0 Å². The van der Waals surface area contributed by atoms with E-state index < -0.39 is 24.3 Å². The predicted octanol–water partition coefficient (Wildman–Crippen LogP) is 3.36. The van der Waals surface area contributed by atoms with E-state index in [1.54, 1.807) is 13.8 Å². The molecule has 0 aliphatic heterocycles. The summed E-state index contributed by atoms with van der Waals surface area (Å²) in [6.45, 7) is 3.46. The van der Waals surface area contributed by atoms with Gasteiger partial charge in [0, 0.05) is 10.0 Å². The Labute approximate surface area is 117 Å². The Bertz CT molecular complexity index is 437. The van der Waals surface area contributed by atoms with Gasteiger partial charge in [-0.3, -0.25) is 0 Å². The van der Waals surface area contributed by atoms with Crippen LogP contribution in [0.1, 0.15) is 25.5 Å². The number of benzene rings is 1. The van der Waals surface area contributed by atoms with Crippen molar-refractivity contribution in [3.05, 3.63) is 28.2 Å². The molecule has 0 fully saturated rings. The number of hydrogen-bond donors (Lipinski definition) is 2. The lowest BCUT2D eigenvalue weighted by Gasteiger charge is -2.24. The molecule has 108 valence electrons. The maximum Gasteiger partial charge on any atom is 0.573 e. The van der Waals surface area contributed by atoms with Crippen LogP contribution in [0.3, 0.4) is 0 Å². The van der Waals surface area contributed by atoms with Crippen molar-refractivity contribution in [2.75, 3.05) is 0 Å². The second-order valence-corrected chi connectivity index (χ2v) is 5.41. The Kier molecular flexibility index (Phi) is 5.23. The maximum atomic E-state index is 12.3. The lowest BCUT2D eigenvalue weighted by molar-refractivity contribution is -0.275. The number of ether oxygens (including phenoxy) is 1. The van der Waals surface area contributed by atoms with Crippen LogP contribution in [-0.4, -0.2) is 17.6 Å². The molecule has 1 aromatic rings. The van der Waals surface area contributed by atoms with Crippen molar-refractivity contribution in [3.8, 4) is 5.75 Å². The summed E-state index contributed by atoms with van der Waals surface area (Å²) < 4.78 is 41.4. The number of rotatable bonds is 4. The summed E-state index contributed by atoms with van der Waals surface area (Å²) in [6.07, 6.45) is -5.77. The van der Waals surface area contributed by atoms with Crippen LogP contribution in [0.5, 0.6) is 5.75 Å². The summed E-state index contributed by atoms with van der Waals surface area (Å²) in [4.78, 5) is 0. The molecule has 0 aliphatic carbocycles. The molecule has 0 unspecified atom stereocenters. The molecule has 1 rings (SSSR count). The van der Waals surface area contributed by atoms with Gasteiger partial charge in [-0.1, -0.05) is 29.8 Å². The van der Waals surface area contributed by atoms with Gasteiger partial charge < -0.3 is 15.6 Å². The van der Waals surface area contributed by atoms with Crippen LogP contribution in [-0.2, 0) is 0 Å². The molecule has 0 aliphatic rings. The third-order valence-electron chi connectivity index (χ3n) is 2.61. The second kappa shape index (κ2) is 6.11. The molecule has 0 saturated heterocycles. The summed E-state index contributed by atoms with van der Waals surface area (Å²) in [7, 11) is 0. The molecule has 0 radical (unpaired) electrons. The van der Waals surface area contributed by atoms with E-state index in [1.165, 1.54) is 18.2 Å². The fraction of sp³-hybridized carbons (Fsp3) is 0.500. The largest absolute Gasteiger partial charge is 0.573 e. The molecular weight excluding hydrogens is 327 g/mol. The fourth-order valence-electron chi connectivity index (χ4n) is 1.60. The predicted molar refractivity (Wildman–Crippen MR) is 68.6 cm³/mol. The number of aliphatic hydroxyl groups is 1. The van der Waals surface area contributed by atoms with Crippen molar-refractivity contribution in [2.24, 2.45) is 11.7 Å². The van der Waals surface area contributed by atoms with Crippen molar-refractivity contribution in [2.45, 2.75) is 32.4 Å². The van der Waals surface area contributed by atoms with Gasteiger partial charge in [0.25, 0.3) is 0 Å². The number of halogens is 4. The first-order valence-electron chi connectivity index (χ1n) is 5.60. The van der Waals surface area contributed by atoms with Crippen LogP contribution < -0.4 is 10.5 Å². The molecule has 0 heterocycles. The topological polar surface area (TPSA) is 55.5 Å². The van der Waals surface area contributed by atoms with Crippen LogP contribution >= 0.6 is 15.9 Å². The van der Waals surface area contributed by atoms with E-state index in [-0.39, 0.29) is 11.5 Å². The van der Waals surface area contributed by atoms with Gasteiger partial charge in [-0.2, -0.15) is 0 Å². The molecule has 3 nitrogen and oxygen atoms in total. The molecule has 0 spiro atoms. The fourth-order valence-corrected chi connectivity index (χ4v) is 1.97. The Morgan fingerprint density at radius 2 is 1.89 bits per heavy atom. The second-order valence-electron chi connectivity index (χ2n) is 4.49. The lowest BCUT2D eigenvalue weighted by atomic mass is 9.94. The van der Waals surface area contributed by atoms with E-state index >= 15 is 0 Å². The first-order valence-corrected chi connectivity index (χ1v) is 6.40. The lowest BCUT2D eigenvalue weighted by Crippen LogP contribution is -2.31. The standard InChI is InChI=1S/C12H15BrF3NO2/c1-6(2)11(18)10(17)8-5-7(13)3-4-9(8)19-12(14,15)16/h3-6,10-11,18H,17H2,1-2H3/t10-,11+/m0/s1. The van der Waals surface area contributed by atoms with Crippen LogP contribution in [0.25, 0.3) is 0 Å². The van der Waals surface area contributed by atoms with E-state index in [0.717, 1.165) is 0 Å². The molecule has 2 atom stereocenters. The van der Waals surface area contributed by atoms with Crippen LogP contribution in [0, 0.1) is 5.92 Å². The van der Waals surface area contributed by atoms with E-state index in [9.17, 15) is 18.3 Å². The molecular formula is C12H15BrF3NO2. The van der Waals surface area contributed by atoms with Crippen molar-refractivity contribution in [1.29, 1.82) is 0 Å². The van der Waals surface area contributed by atoms with Crippen molar-refractivity contribution < 1.29 is 23.0 Å². The minimum atomic E-state index is -4.80. The summed E-state index contributed by atoms with van der Waals surface area (Å²) in [5.41, 5.74) is 5.91. The zero-order valence-electron chi connectivity index (χ0n) is 10.4. The van der Waals surface area contributed by atoms with E-state index in [4.69, 9.17) is 5.73 Å². The highest BCUT2D eigenvalue weighted by Crippen LogP contribution is 2.34. The van der Waals surface area contributed by atoms with Gasteiger partial charge in [0.1, 0.15) is 5.75 Å². The van der Waals surface area contributed by atoms with Gasteiger partial charge in [0.05, 0.1) is 12.1 Å².